The minimum Gasteiger partial charge on any atom is -0.334 e. The first-order valence-corrected chi connectivity index (χ1v) is 7.01. The Morgan fingerprint density at radius 2 is 1.95 bits per heavy atom. The quantitative estimate of drug-likeness (QED) is 0.922. The summed E-state index contributed by atoms with van der Waals surface area (Å²) >= 11 is 0. The Morgan fingerprint density at radius 3 is 2.55 bits per heavy atom. The summed E-state index contributed by atoms with van der Waals surface area (Å²) in [7, 11) is 0. The number of amides is 1. The van der Waals surface area contributed by atoms with Gasteiger partial charge in [-0.3, -0.25) is 4.79 Å². The van der Waals surface area contributed by atoms with E-state index in [0.29, 0.717) is 13.1 Å². The van der Waals surface area contributed by atoms with E-state index in [1.165, 1.54) is 13.0 Å². The van der Waals surface area contributed by atoms with Gasteiger partial charge in [-0.2, -0.15) is 0 Å². The summed E-state index contributed by atoms with van der Waals surface area (Å²) in [6.07, 6.45) is 4.00. The molecule has 1 aliphatic rings. The van der Waals surface area contributed by atoms with Crippen molar-refractivity contribution in [3.63, 3.8) is 0 Å². The highest BCUT2D eigenvalue weighted by Gasteiger charge is 2.28. The molecule has 0 radical (unpaired) electrons. The minimum atomic E-state index is -0.807. The highest BCUT2D eigenvalue weighted by atomic mass is 19.1. The SMILES string of the molecule is Cc1cc(C(=O)N(CCN)C2CCCC2)c(F)cc1F. The van der Waals surface area contributed by atoms with Gasteiger partial charge in [0.15, 0.2) is 0 Å². The van der Waals surface area contributed by atoms with E-state index in [1.54, 1.807) is 4.90 Å². The number of halogens is 2. The third-order valence-corrected chi connectivity index (χ3v) is 3.88. The van der Waals surface area contributed by atoms with E-state index in [2.05, 4.69) is 0 Å². The second kappa shape index (κ2) is 6.31. The van der Waals surface area contributed by atoms with Gasteiger partial charge in [-0.1, -0.05) is 12.8 Å². The molecule has 0 aromatic heterocycles. The maximum atomic E-state index is 13.8. The smallest absolute Gasteiger partial charge is 0.257 e. The van der Waals surface area contributed by atoms with Gasteiger partial charge in [0.25, 0.3) is 5.91 Å². The molecule has 5 heteroatoms. The third-order valence-electron chi connectivity index (χ3n) is 3.88. The van der Waals surface area contributed by atoms with Gasteiger partial charge in [-0.05, 0) is 31.4 Å². The Bertz CT molecular complexity index is 499. The molecule has 1 aromatic rings. The molecule has 0 spiro atoms. The summed E-state index contributed by atoms with van der Waals surface area (Å²) in [4.78, 5) is 14.2. The van der Waals surface area contributed by atoms with Crippen molar-refractivity contribution < 1.29 is 13.6 Å². The summed E-state index contributed by atoms with van der Waals surface area (Å²) in [6.45, 7) is 2.26. The average molecular weight is 282 g/mol. The van der Waals surface area contributed by atoms with Crippen LogP contribution in [-0.4, -0.2) is 29.9 Å². The maximum absolute atomic E-state index is 13.8. The van der Waals surface area contributed by atoms with E-state index in [1.807, 2.05) is 0 Å². The van der Waals surface area contributed by atoms with Crippen molar-refractivity contribution in [2.75, 3.05) is 13.1 Å². The van der Waals surface area contributed by atoms with Crippen LogP contribution in [0.4, 0.5) is 8.78 Å². The molecule has 0 unspecified atom stereocenters. The molecule has 0 saturated heterocycles. The second-order valence-corrected chi connectivity index (χ2v) is 5.31. The highest BCUT2D eigenvalue weighted by molar-refractivity contribution is 5.95. The van der Waals surface area contributed by atoms with Crippen molar-refractivity contribution in [2.45, 2.75) is 38.6 Å². The van der Waals surface area contributed by atoms with Crippen LogP contribution in [0.3, 0.4) is 0 Å². The fraction of sp³-hybridized carbons (Fsp3) is 0.533. The lowest BCUT2D eigenvalue weighted by atomic mass is 10.1. The molecule has 2 rings (SSSR count). The molecular formula is C15H20F2N2O. The van der Waals surface area contributed by atoms with Crippen LogP contribution < -0.4 is 5.73 Å². The van der Waals surface area contributed by atoms with E-state index in [4.69, 9.17) is 5.73 Å². The summed E-state index contributed by atoms with van der Waals surface area (Å²) in [6, 6.07) is 2.18. The van der Waals surface area contributed by atoms with E-state index in [9.17, 15) is 13.6 Å². The van der Waals surface area contributed by atoms with E-state index >= 15 is 0 Å². The number of nitrogens with two attached hydrogens (primary N) is 1. The number of rotatable bonds is 4. The van der Waals surface area contributed by atoms with Crippen molar-refractivity contribution in [1.82, 2.24) is 4.90 Å². The predicted molar refractivity (Wildman–Crippen MR) is 73.4 cm³/mol. The van der Waals surface area contributed by atoms with Crippen LogP contribution in [0.5, 0.6) is 0 Å². The summed E-state index contributed by atoms with van der Waals surface area (Å²) in [5.41, 5.74) is 5.76. The van der Waals surface area contributed by atoms with Crippen LogP contribution in [0.2, 0.25) is 0 Å². The van der Waals surface area contributed by atoms with Crippen LogP contribution >= 0.6 is 0 Å². The number of carbonyl (C=O) groups is 1. The molecule has 0 atom stereocenters. The Kier molecular flexibility index (Phi) is 4.70. The highest BCUT2D eigenvalue weighted by Crippen LogP contribution is 2.25. The number of aryl methyl sites for hydroxylation is 1. The first-order chi connectivity index (χ1) is 9.54. The lowest BCUT2D eigenvalue weighted by Gasteiger charge is -2.29. The molecule has 0 bridgehead atoms. The molecule has 2 N–H and O–H groups in total. The standard InChI is InChI=1S/C15H20F2N2O/c1-10-8-12(14(17)9-13(10)16)15(20)19(7-6-18)11-4-2-3-5-11/h8-9,11H,2-7,18H2,1H3. The molecule has 0 heterocycles. The molecule has 1 aromatic carbocycles. The van der Waals surface area contributed by atoms with Crippen molar-refractivity contribution in [3.05, 3.63) is 34.9 Å². The van der Waals surface area contributed by atoms with E-state index in [0.717, 1.165) is 31.7 Å². The Balaban J connectivity index is 2.29. The first kappa shape index (κ1) is 14.9. The van der Waals surface area contributed by atoms with Crippen molar-refractivity contribution in [3.8, 4) is 0 Å². The summed E-state index contributed by atoms with van der Waals surface area (Å²) < 4.78 is 27.1. The minimum absolute atomic E-state index is 0.0655. The molecule has 1 aliphatic carbocycles. The fourth-order valence-corrected chi connectivity index (χ4v) is 2.78. The predicted octanol–water partition coefficient (Wildman–Crippen LogP) is 2.62. The molecule has 1 fully saturated rings. The van der Waals surface area contributed by atoms with Crippen LogP contribution in [0.15, 0.2) is 12.1 Å². The monoisotopic (exact) mass is 282 g/mol. The zero-order valence-corrected chi connectivity index (χ0v) is 11.7. The normalized spacial score (nSPS) is 15.6. The first-order valence-electron chi connectivity index (χ1n) is 7.01. The zero-order chi connectivity index (χ0) is 14.7. The summed E-state index contributed by atoms with van der Waals surface area (Å²) in [5, 5.41) is 0. The van der Waals surface area contributed by atoms with Gasteiger partial charge in [0.2, 0.25) is 0 Å². The number of benzene rings is 1. The van der Waals surface area contributed by atoms with Gasteiger partial charge in [0.1, 0.15) is 11.6 Å². The van der Waals surface area contributed by atoms with E-state index in [-0.39, 0.29) is 23.1 Å². The zero-order valence-electron chi connectivity index (χ0n) is 11.7. The van der Waals surface area contributed by atoms with Gasteiger partial charge in [-0.25, -0.2) is 8.78 Å². The van der Waals surface area contributed by atoms with Crippen LogP contribution in [0, 0.1) is 18.6 Å². The Morgan fingerprint density at radius 1 is 1.30 bits per heavy atom. The van der Waals surface area contributed by atoms with Crippen molar-refractivity contribution >= 4 is 5.91 Å². The maximum Gasteiger partial charge on any atom is 0.257 e. The number of hydrogen-bond acceptors (Lipinski definition) is 2. The molecule has 20 heavy (non-hydrogen) atoms. The van der Waals surface area contributed by atoms with E-state index < -0.39 is 11.6 Å². The third kappa shape index (κ3) is 2.98. The largest absolute Gasteiger partial charge is 0.334 e. The number of hydrogen-bond donors (Lipinski definition) is 1. The van der Waals surface area contributed by atoms with Gasteiger partial charge in [-0.15, -0.1) is 0 Å². The van der Waals surface area contributed by atoms with Gasteiger partial charge in [0, 0.05) is 25.2 Å². The van der Waals surface area contributed by atoms with Crippen molar-refractivity contribution in [2.24, 2.45) is 5.73 Å². The number of nitrogens with zero attached hydrogens (tertiary/aromatic N) is 1. The molecule has 1 saturated carbocycles. The summed E-state index contributed by atoms with van der Waals surface area (Å²) in [5.74, 6) is -1.83. The van der Waals surface area contributed by atoms with Gasteiger partial charge < -0.3 is 10.6 Å². The van der Waals surface area contributed by atoms with Crippen LogP contribution in [-0.2, 0) is 0 Å². The molecule has 110 valence electrons. The van der Waals surface area contributed by atoms with Gasteiger partial charge >= 0.3 is 0 Å². The second-order valence-electron chi connectivity index (χ2n) is 5.31. The van der Waals surface area contributed by atoms with Gasteiger partial charge in [0.05, 0.1) is 5.56 Å². The molecular weight excluding hydrogens is 262 g/mol. The fourth-order valence-electron chi connectivity index (χ4n) is 2.78. The Hall–Kier alpha value is -1.49. The molecule has 0 aliphatic heterocycles. The molecule has 1 amide bonds. The lowest BCUT2D eigenvalue weighted by molar-refractivity contribution is 0.0683. The average Bonchev–Trinajstić information content (AvgIpc) is 2.93. The topological polar surface area (TPSA) is 46.3 Å². The lowest BCUT2D eigenvalue weighted by Crippen LogP contribution is -2.42. The van der Waals surface area contributed by atoms with Crippen molar-refractivity contribution in [1.29, 1.82) is 0 Å². The Labute approximate surface area is 117 Å². The van der Waals surface area contributed by atoms with Crippen LogP contribution in [0.25, 0.3) is 0 Å². The van der Waals surface area contributed by atoms with Crippen LogP contribution in [0.1, 0.15) is 41.6 Å². The number of carbonyl (C=O) groups excluding carboxylic acids is 1. The molecule has 3 nitrogen and oxygen atoms in total.